The molecule has 6 rings (SSSR count). The van der Waals surface area contributed by atoms with Crippen LogP contribution in [-0.2, 0) is 57.0 Å². The molecule has 0 unspecified atom stereocenters. The number of fused-ring (bicyclic) bond motifs is 3. The van der Waals surface area contributed by atoms with Gasteiger partial charge in [-0.3, -0.25) is 9.59 Å². The Bertz CT molecular complexity index is 1470. The van der Waals surface area contributed by atoms with E-state index in [0.717, 1.165) is 6.92 Å². The maximum absolute atomic E-state index is 13.2. The van der Waals surface area contributed by atoms with E-state index in [4.69, 9.17) is 42.6 Å². The first-order chi connectivity index (χ1) is 24.4. The molecule has 17 heteroatoms. The summed E-state index contributed by atoms with van der Waals surface area (Å²) in [6.07, 6.45) is -11.5. The van der Waals surface area contributed by atoms with Crippen molar-refractivity contribution in [3.63, 3.8) is 0 Å². The van der Waals surface area contributed by atoms with Crippen molar-refractivity contribution in [3.05, 3.63) is 54.3 Å². The largest absolute Gasteiger partial charge is 0.472 e. The first-order valence-electron chi connectivity index (χ1n) is 16.5. The van der Waals surface area contributed by atoms with Gasteiger partial charge in [0.05, 0.1) is 37.6 Å². The summed E-state index contributed by atoms with van der Waals surface area (Å²) < 4.78 is 52.7. The van der Waals surface area contributed by atoms with E-state index >= 15 is 0 Å². The summed E-state index contributed by atoms with van der Waals surface area (Å²) in [5.41, 5.74) is -0.570. The Kier molecular flexibility index (Phi) is 11.1. The molecular formula is C34H42O17. The lowest BCUT2D eigenvalue weighted by Crippen LogP contribution is -2.62. The van der Waals surface area contributed by atoms with Gasteiger partial charge in [-0.15, -0.1) is 0 Å². The van der Waals surface area contributed by atoms with Gasteiger partial charge in [-0.2, -0.15) is 0 Å². The number of epoxide rings is 1. The highest BCUT2D eigenvalue weighted by Gasteiger charge is 2.77. The average Bonchev–Trinajstić information content (AvgIpc) is 3.78. The molecule has 5 aliphatic rings. The first kappa shape index (κ1) is 37.3. The lowest BCUT2D eigenvalue weighted by molar-refractivity contribution is -0.347. The minimum atomic E-state index is -1.72. The van der Waals surface area contributed by atoms with E-state index in [9.17, 15) is 39.9 Å². The van der Waals surface area contributed by atoms with Crippen LogP contribution in [0, 0.1) is 11.8 Å². The van der Waals surface area contributed by atoms with Gasteiger partial charge in [-0.25, -0.2) is 4.79 Å². The van der Waals surface area contributed by atoms with Gasteiger partial charge in [0.1, 0.15) is 36.1 Å². The topological polar surface area (TPSA) is 239 Å². The lowest BCUT2D eigenvalue weighted by atomic mass is 9.85. The number of hydrogen-bond donors (Lipinski definition) is 5. The van der Waals surface area contributed by atoms with Gasteiger partial charge >= 0.3 is 17.9 Å². The predicted octanol–water partition coefficient (Wildman–Crippen LogP) is -1.33. The van der Waals surface area contributed by atoms with Crippen molar-refractivity contribution in [3.8, 4) is 0 Å². The van der Waals surface area contributed by atoms with Gasteiger partial charge in [-0.1, -0.05) is 30.3 Å². The second kappa shape index (κ2) is 15.2. The molecule has 280 valence electrons. The Balaban J connectivity index is 1.26. The summed E-state index contributed by atoms with van der Waals surface area (Å²) in [5.74, 6) is -3.71. The summed E-state index contributed by atoms with van der Waals surface area (Å²) in [6, 6.07) is 8.94. The van der Waals surface area contributed by atoms with Gasteiger partial charge in [0.15, 0.2) is 30.9 Å². The zero-order valence-electron chi connectivity index (χ0n) is 27.9. The highest BCUT2D eigenvalue weighted by atomic mass is 16.8. The summed E-state index contributed by atoms with van der Waals surface area (Å²) in [7, 11) is 0. The van der Waals surface area contributed by atoms with Crippen LogP contribution in [0.2, 0.25) is 0 Å². The van der Waals surface area contributed by atoms with Crippen LogP contribution >= 0.6 is 0 Å². The van der Waals surface area contributed by atoms with Crippen molar-refractivity contribution in [2.45, 2.75) is 106 Å². The average molecular weight is 723 g/mol. The Morgan fingerprint density at radius 2 is 1.53 bits per heavy atom. The predicted molar refractivity (Wildman–Crippen MR) is 166 cm³/mol. The highest BCUT2D eigenvalue weighted by molar-refractivity contribution is 5.87. The van der Waals surface area contributed by atoms with E-state index in [0.29, 0.717) is 5.56 Å². The number of aliphatic hydroxyl groups is 5. The molecule has 16 atom stereocenters. The molecule has 0 aromatic heterocycles. The van der Waals surface area contributed by atoms with Crippen molar-refractivity contribution in [1.29, 1.82) is 0 Å². The van der Waals surface area contributed by atoms with Gasteiger partial charge in [0.25, 0.3) is 0 Å². The number of hydrogen-bond acceptors (Lipinski definition) is 17. The van der Waals surface area contributed by atoms with Gasteiger partial charge in [-0.05, 0) is 24.6 Å². The summed E-state index contributed by atoms with van der Waals surface area (Å²) >= 11 is 0. The quantitative estimate of drug-likeness (QED) is 0.0769. The van der Waals surface area contributed by atoms with Gasteiger partial charge in [0.2, 0.25) is 6.29 Å². The summed E-state index contributed by atoms with van der Waals surface area (Å²) in [6.45, 7) is 2.69. The molecule has 3 saturated heterocycles. The molecule has 17 nitrogen and oxygen atoms in total. The number of carbonyl (C=O) groups is 3. The SMILES string of the molecule is CC(=O)O[C@@H]1[C@@H](OC(C)=O)[C@H](C)O[C@@H](O[C@H]2[C@@H]3C=CO[C@@H](O[C@@H]4O[C@H](CO)[C@@H](O)[C@H](O)[C@H]4O)[C@@H]3[C@@]3(CO)O[C@@H]23)[C@@H]1OC(=O)/C=C/c1ccccc1. The highest BCUT2D eigenvalue weighted by Crippen LogP contribution is 2.61. The van der Waals surface area contributed by atoms with E-state index < -0.39 is 128 Å². The van der Waals surface area contributed by atoms with E-state index in [1.165, 1.54) is 25.3 Å². The van der Waals surface area contributed by atoms with Crippen molar-refractivity contribution >= 4 is 24.0 Å². The molecule has 1 aliphatic carbocycles. The molecule has 0 spiro atoms. The smallest absolute Gasteiger partial charge is 0.331 e. The van der Waals surface area contributed by atoms with E-state index in [-0.39, 0.29) is 0 Å². The van der Waals surface area contributed by atoms with Crippen LogP contribution in [0.3, 0.4) is 0 Å². The lowest BCUT2D eigenvalue weighted by Gasteiger charge is -2.45. The monoisotopic (exact) mass is 722 g/mol. The molecule has 1 aromatic carbocycles. The minimum Gasteiger partial charge on any atom is -0.472 e. The zero-order valence-corrected chi connectivity index (χ0v) is 27.9. The number of ether oxygens (including phenoxy) is 9. The van der Waals surface area contributed by atoms with Crippen LogP contribution in [0.4, 0.5) is 0 Å². The maximum atomic E-state index is 13.2. The van der Waals surface area contributed by atoms with Crippen LogP contribution in [0.25, 0.3) is 6.08 Å². The number of esters is 3. The fraction of sp³-hybridized carbons (Fsp3) is 0.618. The van der Waals surface area contributed by atoms with Crippen molar-refractivity contribution < 1.29 is 82.5 Å². The van der Waals surface area contributed by atoms with Crippen molar-refractivity contribution in [2.24, 2.45) is 11.8 Å². The Morgan fingerprint density at radius 3 is 2.20 bits per heavy atom. The van der Waals surface area contributed by atoms with Crippen LogP contribution in [0.5, 0.6) is 0 Å². The molecular weight excluding hydrogens is 680 g/mol. The van der Waals surface area contributed by atoms with Gasteiger partial charge in [0, 0.05) is 25.8 Å². The number of benzene rings is 1. The normalized spacial score (nSPS) is 42.7. The molecule has 0 radical (unpaired) electrons. The molecule has 51 heavy (non-hydrogen) atoms. The number of carbonyl (C=O) groups excluding carboxylic acids is 3. The second-order valence-electron chi connectivity index (χ2n) is 13.0. The summed E-state index contributed by atoms with van der Waals surface area (Å²) in [4.78, 5) is 37.6. The van der Waals surface area contributed by atoms with Crippen LogP contribution in [0.1, 0.15) is 26.3 Å². The molecule has 4 fully saturated rings. The molecule has 0 amide bonds. The third kappa shape index (κ3) is 7.41. The molecule has 1 saturated carbocycles. The fourth-order valence-electron chi connectivity index (χ4n) is 7.25. The van der Waals surface area contributed by atoms with Crippen molar-refractivity contribution in [2.75, 3.05) is 13.2 Å². The third-order valence-electron chi connectivity index (χ3n) is 9.68. The molecule has 1 aromatic rings. The standard InChI is InChI=1S/C34H42O17/c1-15-26(45-16(2)37)28(46-17(3)38)29(48-21(39)10-9-18-7-5-4-6-8-18)33(44-15)49-27-19-11-12-43-31(22(19)34(14-36)30(27)51-34)50-32-25(42)24(41)23(40)20(13-35)47-32/h4-12,15,19-20,22-33,35-36,40-42H,13-14H2,1-3H3/b10-9+/t15-,19+,20+,22+,23+,24-,25+,26-,27-,28+,29+,30-,31-,32-,33-,34+/m0/s1. The Labute approximate surface area is 292 Å². The van der Waals surface area contributed by atoms with Gasteiger partial charge < -0.3 is 68.2 Å². The van der Waals surface area contributed by atoms with E-state index in [1.54, 1.807) is 37.3 Å². The van der Waals surface area contributed by atoms with E-state index in [2.05, 4.69) is 0 Å². The molecule has 5 N–H and O–H groups in total. The van der Waals surface area contributed by atoms with Crippen LogP contribution in [0.15, 0.2) is 48.7 Å². The number of rotatable bonds is 11. The maximum Gasteiger partial charge on any atom is 0.331 e. The van der Waals surface area contributed by atoms with E-state index in [1.807, 2.05) is 6.07 Å². The second-order valence-corrected chi connectivity index (χ2v) is 13.0. The molecule has 4 aliphatic heterocycles. The Morgan fingerprint density at radius 1 is 0.824 bits per heavy atom. The first-order valence-corrected chi connectivity index (χ1v) is 16.5. The third-order valence-corrected chi connectivity index (χ3v) is 9.68. The number of aliphatic hydroxyl groups excluding tert-OH is 5. The van der Waals surface area contributed by atoms with Crippen LogP contribution < -0.4 is 0 Å². The zero-order chi connectivity index (χ0) is 36.6. The summed E-state index contributed by atoms with van der Waals surface area (Å²) in [5, 5.41) is 51.3. The van der Waals surface area contributed by atoms with Crippen molar-refractivity contribution in [1.82, 2.24) is 0 Å². The fourth-order valence-corrected chi connectivity index (χ4v) is 7.25. The van der Waals surface area contributed by atoms with Crippen LogP contribution in [-0.4, -0.2) is 142 Å². The Hall–Kier alpha value is -3.49. The molecule has 4 heterocycles. The molecule has 0 bridgehead atoms. The minimum absolute atomic E-state index is 0.514.